The number of anilines is 3. The summed E-state index contributed by atoms with van der Waals surface area (Å²) >= 11 is 41.3. The van der Waals surface area contributed by atoms with Crippen LogP contribution in [0, 0.1) is 0 Å². The van der Waals surface area contributed by atoms with Crippen molar-refractivity contribution in [1.29, 1.82) is 0 Å². The number of piperazine rings is 3. The number of amides is 3. The molecule has 0 bridgehead atoms. The van der Waals surface area contributed by atoms with Gasteiger partial charge in [-0.15, -0.1) is 0 Å². The minimum atomic E-state index is -0.00927. The SMILES string of the molecule is C=CC(=O)N1CCN(CCCc2cn3c(n2)c(-c2c(Cl)c(OC)cc(OC)c2Cl)cc2cnc(NC4CCN(C)C4)cc23)CC1.C=CC(=O)N1CCN(CCCc2cn3c(n2)c(-c2c(Cl)c(OC)cc(OC)c2Cl)cc2cnc(NC4CCOC4)nc23)CC1.C=CC(=O)N1CCN(CCCc2cn3c(n2)c(-c2c(Cl)c(OC)cc(OC)c2Cl)cc2cnc(NCCOC)cc23)CC1. The quantitative estimate of drug-likeness (QED) is 0.0261. The predicted molar refractivity (Wildman–Crippen MR) is 522 cm³/mol. The van der Waals surface area contributed by atoms with Crippen LogP contribution in [0.15, 0.2) is 124 Å². The first-order valence-electron chi connectivity index (χ1n) is 44.1. The summed E-state index contributed by atoms with van der Waals surface area (Å²) < 4.78 is 50.2. The molecule has 37 heteroatoms. The Hall–Kier alpha value is -10.8. The molecule has 14 heterocycles. The highest BCUT2D eigenvalue weighted by atomic mass is 35.5. The largest absolute Gasteiger partial charge is 0.495 e. The number of carbonyl (C=O) groups excluding carboxylic acids is 3. The number of nitrogens with zero attached hydrogens (tertiary/aromatic N) is 17. The van der Waals surface area contributed by atoms with Crippen LogP contribution in [0.5, 0.6) is 34.5 Å². The number of nitrogens with one attached hydrogen (secondary N) is 3. The van der Waals surface area contributed by atoms with Crippen LogP contribution in [0.2, 0.25) is 30.1 Å². The number of hydrogen-bond acceptors (Lipinski definition) is 25. The van der Waals surface area contributed by atoms with Gasteiger partial charge in [-0.2, -0.15) is 4.98 Å². The van der Waals surface area contributed by atoms with E-state index in [-0.39, 0.29) is 23.8 Å². The molecule has 3 N–H and O–H groups in total. The van der Waals surface area contributed by atoms with Gasteiger partial charge in [-0.3, -0.25) is 42.3 Å². The van der Waals surface area contributed by atoms with Crippen LogP contribution in [0.3, 0.4) is 0 Å². The molecule has 0 spiro atoms. The maximum absolute atomic E-state index is 12.0. The molecule has 0 radical (unpaired) electrons. The second-order valence-corrected chi connectivity index (χ2v) is 35.2. The molecule has 5 fully saturated rings. The molecule has 132 heavy (non-hydrogen) atoms. The standard InChI is InChI=1S/C33H39Cl2N7O3.C31H35Cl2N7O4.C31H36Cl2N6O4/c1-5-29(43)41-13-11-40(12-14-41)9-6-7-22-20-42-25-16-28(37-23-8-10-39(2)19-23)36-18-21(25)15-24(33(42)38-22)30-31(34)26(44-3)17-27(45-4)32(30)35;1-4-25(41)39-11-9-38(10-12-39)8-5-6-20-17-40-29-19(16-34-31(37-29)36-21-7-13-44-18-21)14-22(30(40)35-20)26-27(32)23(42-2)15-24(43-3)28(26)33;1-5-27(40)38-12-10-37(11-13-38)9-6-7-21-19-39-23-16-26(34-8-14-41-2)35-18-20(23)15-22(31(39)36-21)28-29(32)24(42-3)17-25(43-4)30(28)33/h5,15-18,20,23H,1,6-14,19H2,2-4H3,(H,36,37);4,14-17,21H,1,5-13,18H2,2-3H3,(H,34,36,37);5,15-19H,1,6-14H2,2-4H3,(H,34,35). The Morgan fingerprint density at radius 1 is 0.439 bits per heavy atom. The molecule has 5 aliphatic heterocycles. The molecule has 9 aromatic heterocycles. The van der Waals surface area contributed by atoms with Crippen molar-refractivity contribution in [1.82, 2.24) is 82.4 Å². The first kappa shape index (κ1) is 95.8. The highest BCUT2D eigenvalue weighted by molar-refractivity contribution is 6.43. The van der Waals surface area contributed by atoms with Crippen molar-refractivity contribution in [3.05, 3.63) is 171 Å². The van der Waals surface area contributed by atoms with Crippen LogP contribution in [0.4, 0.5) is 17.6 Å². The topological polar surface area (TPSA) is 287 Å². The molecule has 31 nitrogen and oxygen atoms in total. The number of halogens is 6. The van der Waals surface area contributed by atoms with Gasteiger partial charge < -0.3 is 73.4 Å². The smallest absolute Gasteiger partial charge is 0.246 e. The van der Waals surface area contributed by atoms with Gasteiger partial charge in [0.15, 0.2) is 5.65 Å². The minimum Gasteiger partial charge on any atom is -0.495 e. The molecule has 12 aromatic rings. The zero-order chi connectivity index (χ0) is 93.0. The van der Waals surface area contributed by atoms with Gasteiger partial charge in [0, 0.05) is 228 Å². The third kappa shape index (κ3) is 21.4. The Kier molecular flexibility index (Phi) is 31.9. The molecule has 0 saturated carbocycles. The van der Waals surface area contributed by atoms with Gasteiger partial charge in [0.25, 0.3) is 0 Å². The monoisotopic (exact) mass is 1920 g/mol. The van der Waals surface area contributed by atoms with Crippen LogP contribution in [0.1, 0.15) is 49.2 Å². The van der Waals surface area contributed by atoms with Crippen molar-refractivity contribution in [2.24, 2.45) is 0 Å². The molecule has 3 aromatic carbocycles. The van der Waals surface area contributed by atoms with Crippen LogP contribution >= 0.6 is 69.6 Å². The number of methoxy groups -OCH3 is 7. The summed E-state index contributed by atoms with van der Waals surface area (Å²) in [6, 6.07) is 15.7. The minimum absolute atomic E-state index is 0.000352. The fourth-order valence-electron chi connectivity index (χ4n) is 17.6. The number of carbonyl (C=O) groups is 3. The zero-order valence-electron chi connectivity index (χ0n) is 75.5. The summed E-state index contributed by atoms with van der Waals surface area (Å²) in [6.45, 7) is 27.5. The maximum atomic E-state index is 12.0. The first-order chi connectivity index (χ1) is 64.1. The van der Waals surface area contributed by atoms with E-state index in [1.165, 1.54) is 18.2 Å². The van der Waals surface area contributed by atoms with Gasteiger partial charge in [0.1, 0.15) is 63.1 Å². The first-order valence-corrected chi connectivity index (χ1v) is 46.4. The van der Waals surface area contributed by atoms with E-state index in [0.29, 0.717) is 149 Å². The highest BCUT2D eigenvalue weighted by Gasteiger charge is 2.31. The second kappa shape index (κ2) is 43.9. The van der Waals surface area contributed by atoms with E-state index in [4.69, 9.17) is 132 Å². The molecule has 698 valence electrons. The number of rotatable bonds is 32. The lowest BCUT2D eigenvalue weighted by atomic mass is 10.0. The molecule has 17 rings (SSSR count). The molecular formula is C95H110Cl6N20O11. The number of likely N-dealkylation sites (tertiary alicyclic amines) is 1. The van der Waals surface area contributed by atoms with Gasteiger partial charge in [-0.25, -0.2) is 29.9 Å². The Morgan fingerprint density at radius 2 is 0.818 bits per heavy atom. The van der Waals surface area contributed by atoms with Gasteiger partial charge in [0.05, 0.1) is 120 Å². The Labute approximate surface area is 796 Å². The number of likely N-dealkylation sites (N-methyl/N-ethyl adjacent to an activating group) is 1. The van der Waals surface area contributed by atoms with Gasteiger partial charge >= 0.3 is 0 Å². The van der Waals surface area contributed by atoms with Crippen LogP contribution in [-0.2, 0) is 43.1 Å². The average molecular weight is 1920 g/mol. The molecule has 3 amide bonds. The van der Waals surface area contributed by atoms with E-state index >= 15 is 0 Å². The summed E-state index contributed by atoms with van der Waals surface area (Å²) in [5.41, 5.74) is 11.6. The zero-order valence-corrected chi connectivity index (χ0v) is 80.0. The number of imidazole rings is 3. The van der Waals surface area contributed by atoms with Crippen molar-refractivity contribution in [2.45, 2.75) is 63.5 Å². The molecule has 0 aliphatic carbocycles. The number of hydrogen-bond donors (Lipinski definition) is 3. The van der Waals surface area contributed by atoms with Crippen molar-refractivity contribution in [3.8, 4) is 67.9 Å². The van der Waals surface area contributed by atoms with E-state index in [1.807, 2.05) is 62.0 Å². The Bertz CT molecular complexity index is 6160. The van der Waals surface area contributed by atoms with E-state index in [1.54, 1.807) is 74.2 Å². The lowest BCUT2D eigenvalue weighted by Gasteiger charge is -2.34. The van der Waals surface area contributed by atoms with E-state index in [2.05, 4.69) is 99.6 Å². The van der Waals surface area contributed by atoms with E-state index < -0.39 is 0 Å². The van der Waals surface area contributed by atoms with Crippen LogP contribution < -0.4 is 44.4 Å². The van der Waals surface area contributed by atoms with Crippen molar-refractivity contribution < 1.29 is 52.3 Å². The lowest BCUT2D eigenvalue weighted by Crippen LogP contribution is -2.48. The summed E-state index contributed by atoms with van der Waals surface area (Å²) in [5, 5.41) is 15.2. The van der Waals surface area contributed by atoms with E-state index in [0.717, 1.165) is 229 Å². The van der Waals surface area contributed by atoms with Gasteiger partial charge in [-0.05, 0) is 121 Å². The number of aryl methyl sites for hydroxylation is 3. The molecular weight excluding hydrogens is 1810 g/mol. The van der Waals surface area contributed by atoms with E-state index in [9.17, 15) is 14.4 Å². The lowest BCUT2D eigenvalue weighted by molar-refractivity contribution is -0.128. The summed E-state index contributed by atoms with van der Waals surface area (Å²) in [4.78, 5) is 85.0. The van der Waals surface area contributed by atoms with Gasteiger partial charge in [0.2, 0.25) is 23.7 Å². The van der Waals surface area contributed by atoms with Crippen molar-refractivity contribution in [3.63, 3.8) is 0 Å². The number of ether oxygens (including phenoxy) is 8. The number of aromatic nitrogens is 10. The summed E-state index contributed by atoms with van der Waals surface area (Å²) in [5.74, 6) is 4.81. The van der Waals surface area contributed by atoms with Gasteiger partial charge in [-0.1, -0.05) is 89.3 Å². The Balaban J connectivity index is 0.000000151. The number of fused-ring (bicyclic) bond motifs is 9. The molecule has 5 saturated heterocycles. The predicted octanol–water partition coefficient (Wildman–Crippen LogP) is 15.2. The second-order valence-electron chi connectivity index (χ2n) is 33.0. The average Bonchev–Trinajstić information content (AvgIpc) is 1.54. The third-order valence-corrected chi connectivity index (χ3v) is 27.0. The fourth-order valence-corrected chi connectivity index (χ4v) is 19.7. The van der Waals surface area contributed by atoms with Crippen LogP contribution in [0.25, 0.3) is 83.2 Å². The highest BCUT2D eigenvalue weighted by Crippen LogP contribution is 2.51. The maximum Gasteiger partial charge on any atom is 0.246 e. The molecule has 5 aliphatic rings. The number of pyridine rings is 5. The summed E-state index contributed by atoms with van der Waals surface area (Å²) in [7, 11) is 13.2. The molecule has 2 unspecified atom stereocenters. The summed E-state index contributed by atoms with van der Waals surface area (Å²) in [6.07, 6.45) is 22.9. The number of benzene rings is 3. The third-order valence-electron chi connectivity index (χ3n) is 24.7. The fraction of sp³-hybridized carbons (Fsp3) is 0.411. The molecule has 2 atom stereocenters. The van der Waals surface area contributed by atoms with Crippen molar-refractivity contribution in [2.75, 3.05) is 210 Å². The Morgan fingerprint density at radius 3 is 1.19 bits per heavy atom. The normalized spacial score (nSPS) is 16.4. The van der Waals surface area contributed by atoms with Crippen LogP contribution in [-0.4, -0.2) is 307 Å². The van der Waals surface area contributed by atoms with Crippen molar-refractivity contribution >= 4 is 155 Å².